The molecule has 3 aromatic carbocycles. The molecule has 144 valence electrons. The lowest BCUT2D eigenvalue weighted by Gasteiger charge is -2.13. The number of hydrogen-bond donors (Lipinski definition) is 2. The number of carbonyl (C=O) groups excluding carboxylic acids is 1. The molecule has 2 N–H and O–H groups in total. The average Bonchev–Trinajstić information content (AvgIpc) is 2.65. The Bertz CT molecular complexity index is 1100. The van der Waals surface area contributed by atoms with Gasteiger partial charge in [0.2, 0.25) is 10.0 Å². The molecule has 3 aromatic rings. The maximum Gasteiger partial charge on any atom is 0.255 e. The lowest BCUT2D eigenvalue weighted by molar-refractivity contribution is 0.102. The zero-order valence-electron chi connectivity index (χ0n) is 15.5. The fraction of sp³-hybridized carbons (Fsp3) is 0.0952. The quantitative estimate of drug-likeness (QED) is 0.646. The molecule has 0 saturated heterocycles. The zero-order valence-corrected chi connectivity index (χ0v) is 16.3. The molecule has 0 heterocycles. The van der Waals surface area contributed by atoms with Gasteiger partial charge < -0.3 is 10.1 Å². The molecule has 1 amide bonds. The molecule has 0 aromatic heterocycles. The summed E-state index contributed by atoms with van der Waals surface area (Å²) in [6, 6.07) is 21.2. The topological polar surface area (TPSA) is 84.5 Å². The maximum absolute atomic E-state index is 12.7. The summed E-state index contributed by atoms with van der Waals surface area (Å²) in [5, 5.41) is 2.84. The molecule has 0 aliphatic rings. The van der Waals surface area contributed by atoms with Gasteiger partial charge in [-0.2, -0.15) is 0 Å². The second kappa shape index (κ2) is 8.14. The zero-order chi connectivity index (χ0) is 20.1. The number of amides is 1. The molecule has 0 bridgehead atoms. The van der Waals surface area contributed by atoms with E-state index in [1.54, 1.807) is 43.3 Å². The number of sulfonamides is 1. The summed E-state index contributed by atoms with van der Waals surface area (Å²) in [6.45, 7) is 1.73. The number of para-hydroxylation sites is 3. The number of carbonyl (C=O) groups is 1. The van der Waals surface area contributed by atoms with Crippen molar-refractivity contribution in [2.45, 2.75) is 6.92 Å². The molecule has 0 unspecified atom stereocenters. The molecule has 0 aliphatic carbocycles. The first-order chi connectivity index (χ1) is 13.3. The van der Waals surface area contributed by atoms with Crippen LogP contribution in [0.25, 0.3) is 0 Å². The van der Waals surface area contributed by atoms with Crippen LogP contribution in [0.15, 0.2) is 72.8 Å². The van der Waals surface area contributed by atoms with Gasteiger partial charge in [0.25, 0.3) is 5.91 Å². The third-order valence-electron chi connectivity index (χ3n) is 3.89. The molecule has 28 heavy (non-hydrogen) atoms. The van der Waals surface area contributed by atoms with Crippen LogP contribution in [0.5, 0.6) is 11.5 Å². The van der Waals surface area contributed by atoms with Gasteiger partial charge >= 0.3 is 0 Å². The molecular weight excluding hydrogens is 376 g/mol. The van der Waals surface area contributed by atoms with Crippen molar-refractivity contribution in [2.24, 2.45) is 0 Å². The second-order valence-corrected chi connectivity index (χ2v) is 8.02. The first-order valence-corrected chi connectivity index (χ1v) is 10.4. The van der Waals surface area contributed by atoms with E-state index in [9.17, 15) is 13.2 Å². The van der Waals surface area contributed by atoms with Crippen molar-refractivity contribution in [1.29, 1.82) is 0 Å². The molecular formula is C21H20N2O4S. The van der Waals surface area contributed by atoms with E-state index < -0.39 is 10.0 Å². The average molecular weight is 396 g/mol. The maximum atomic E-state index is 12.7. The van der Waals surface area contributed by atoms with Crippen molar-refractivity contribution in [1.82, 2.24) is 0 Å². The molecule has 0 saturated carbocycles. The number of ether oxygens (including phenoxy) is 1. The number of benzene rings is 3. The van der Waals surface area contributed by atoms with Crippen LogP contribution >= 0.6 is 0 Å². The van der Waals surface area contributed by atoms with Crippen LogP contribution in [0.1, 0.15) is 15.9 Å². The highest BCUT2D eigenvalue weighted by Crippen LogP contribution is 2.29. The first kappa shape index (κ1) is 19.4. The highest BCUT2D eigenvalue weighted by molar-refractivity contribution is 7.92. The van der Waals surface area contributed by atoms with Crippen LogP contribution in [0, 0.1) is 6.92 Å². The predicted molar refractivity (Wildman–Crippen MR) is 111 cm³/mol. The lowest BCUT2D eigenvalue weighted by Crippen LogP contribution is -2.14. The van der Waals surface area contributed by atoms with E-state index in [0.29, 0.717) is 34.0 Å². The second-order valence-electron chi connectivity index (χ2n) is 6.27. The number of nitrogens with one attached hydrogen (secondary N) is 2. The van der Waals surface area contributed by atoms with Gasteiger partial charge in [-0.05, 0) is 55.0 Å². The molecule has 3 rings (SSSR count). The van der Waals surface area contributed by atoms with Crippen molar-refractivity contribution < 1.29 is 17.9 Å². The van der Waals surface area contributed by atoms with Crippen molar-refractivity contribution in [3.05, 3.63) is 83.9 Å². The van der Waals surface area contributed by atoms with Gasteiger partial charge in [-0.1, -0.05) is 30.3 Å². The summed E-state index contributed by atoms with van der Waals surface area (Å²) in [6.07, 6.45) is 1.08. The van der Waals surface area contributed by atoms with E-state index in [1.807, 2.05) is 36.4 Å². The van der Waals surface area contributed by atoms with Gasteiger partial charge in [0, 0.05) is 5.56 Å². The van der Waals surface area contributed by atoms with E-state index in [1.165, 1.54) is 0 Å². The Morgan fingerprint density at radius 1 is 0.893 bits per heavy atom. The highest BCUT2D eigenvalue weighted by atomic mass is 32.2. The first-order valence-electron chi connectivity index (χ1n) is 8.53. The van der Waals surface area contributed by atoms with Crippen LogP contribution in [0.3, 0.4) is 0 Å². The Labute approximate surface area is 164 Å². The van der Waals surface area contributed by atoms with Crippen molar-refractivity contribution in [3.8, 4) is 11.5 Å². The molecule has 7 heteroatoms. The highest BCUT2D eigenvalue weighted by Gasteiger charge is 2.13. The molecule has 0 atom stereocenters. The Morgan fingerprint density at radius 3 is 2.25 bits per heavy atom. The van der Waals surface area contributed by atoms with E-state index in [-0.39, 0.29) is 5.91 Å². The van der Waals surface area contributed by atoms with E-state index in [2.05, 4.69) is 10.0 Å². The van der Waals surface area contributed by atoms with Crippen LogP contribution in [-0.4, -0.2) is 20.6 Å². The van der Waals surface area contributed by atoms with Crippen LogP contribution in [-0.2, 0) is 10.0 Å². The van der Waals surface area contributed by atoms with Crippen LogP contribution < -0.4 is 14.8 Å². The summed E-state index contributed by atoms with van der Waals surface area (Å²) in [5.41, 5.74) is 2.03. The molecule has 0 fully saturated rings. The lowest BCUT2D eigenvalue weighted by atomic mass is 10.1. The monoisotopic (exact) mass is 396 g/mol. The van der Waals surface area contributed by atoms with Gasteiger partial charge in [0.15, 0.2) is 5.75 Å². The smallest absolute Gasteiger partial charge is 0.255 e. The molecule has 6 nitrogen and oxygen atoms in total. The van der Waals surface area contributed by atoms with Crippen LogP contribution in [0.2, 0.25) is 0 Å². The molecule has 0 aliphatic heterocycles. The Morgan fingerprint density at radius 2 is 1.57 bits per heavy atom. The number of aryl methyl sites for hydroxylation is 1. The SMILES string of the molecule is Cc1cc(C(=O)Nc2ccccc2Oc2ccccc2)ccc1NS(C)(=O)=O. The van der Waals surface area contributed by atoms with E-state index in [4.69, 9.17) is 4.74 Å². The third kappa shape index (κ3) is 5.11. The summed E-state index contributed by atoms with van der Waals surface area (Å²) >= 11 is 0. The Hall–Kier alpha value is -3.32. The number of hydrogen-bond acceptors (Lipinski definition) is 4. The molecule has 0 radical (unpaired) electrons. The van der Waals surface area contributed by atoms with Crippen LogP contribution in [0.4, 0.5) is 11.4 Å². The third-order valence-corrected chi connectivity index (χ3v) is 4.48. The molecule has 0 spiro atoms. The minimum absolute atomic E-state index is 0.321. The van der Waals surface area contributed by atoms with E-state index in [0.717, 1.165) is 6.26 Å². The van der Waals surface area contributed by atoms with Gasteiger partial charge in [-0.25, -0.2) is 8.42 Å². The fourth-order valence-electron chi connectivity index (χ4n) is 2.59. The summed E-state index contributed by atoms with van der Waals surface area (Å²) in [5.74, 6) is 0.864. The van der Waals surface area contributed by atoms with Gasteiger partial charge in [0.1, 0.15) is 5.75 Å². The predicted octanol–water partition coefficient (Wildman–Crippen LogP) is 4.41. The minimum atomic E-state index is -3.38. The normalized spacial score (nSPS) is 10.9. The van der Waals surface area contributed by atoms with Gasteiger partial charge in [0.05, 0.1) is 17.6 Å². The van der Waals surface area contributed by atoms with Gasteiger partial charge in [-0.15, -0.1) is 0 Å². The summed E-state index contributed by atoms with van der Waals surface area (Å²) in [7, 11) is -3.38. The fourth-order valence-corrected chi connectivity index (χ4v) is 3.22. The standard InChI is InChI=1S/C21H20N2O4S/c1-15-14-16(12-13-18(15)23-28(2,25)26)21(24)22-19-10-6-7-11-20(19)27-17-8-4-3-5-9-17/h3-14,23H,1-2H3,(H,22,24). The van der Waals surface area contributed by atoms with Crippen molar-refractivity contribution in [3.63, 3.8) is 0 Å². The summed E-state index contributed by atoms with van der Waals surface area (Å²) < 4.78 is 31.1. The number of anilines is 2. The Kier molecular flexibility index (Phi) is 5.65. The van der Waals surface area contributed by atoms with Crippen molar-refractivity contribution >= 4 is 27.3 Å². The van der Waals surface area contributed by atoms with E-state index >= 15 is 0 Å². The van der Waals surface area contributed by atoms with Gasteiger partial charge in [-0.3, -0.25) is 9.52 Å². The Balaban J connectivity index is 1.79. The van der Waals surface area contributed by atoms with Crippen molar-refractivity contribution in [2.75, 3.05) is 16.3 Å². The largest absolute Gasteiger partial charge is 0.455 e. The number of rotatable bonds is 6. The summed E-state index contributed by atoms with van der Waals surface area (Å²) in [4.78, 5) is 12.7. The minimum Gasteiger partial charge on any atom is -0.455 e.